The first-order valence-corrected chi connectivity index (χ1v) is 8.16. The van der Waals surface area contributed by atoms with Crippen molar-refractivity contribution in [3.63, 3.8) is 0 Å². The molecule has 7 heteroatoms. The largest absolute Gasteiger partial charge is 1.00 e. The molecule has 0 aromatic heterocycles. The molecule has 3 atom stereocenters. The van der Waals surface area contributed by atoms with Gasteiger partial charge in [-0.15, -0.1) is 0 Å². The molecule has 0 aromatic rings. The second-order valence-corrected chi connectivity index (χ2v) is 5.61. The quantitative estimate of drug-likeness (QED) is 0.183. The summed E-state index contributed by atoms with van der Waals surface area (Å²) in [6, 6.07) is -0.773. The molecular weight excluding hydrogens is 319 g/mol. The topological polar surface area (TPSA) is 95.9 Å². The molecule has 0 spiro atoms. The maximum absolute atomic E-state index is 11.1. The molecule has 0 radical (unpaired) electrons. The Bertz CT molecular complexity index is 378. The Balaban J connectivity index is 0. The van der Waals surface area contributed by atoms with Crippen molar-refractivity contribution in [3.8, 4) is 0 Å². The fourth-order valence-corrected chi connectivity index (χ4v) is 2.10. The molecule has 0 aliphatic heterocycles. The van der Waals surface area contributed by atoms with Crippen LogP contribution in [0.3, 0.4) is 0 Å². The summed E-state index contributed by atoms with van der Waals surface area (Å²) >= 11 is 0. The van der Waals surface area contributed by atoms with E-state index in [2.05, 4.69) is 5.32 Å². The minimum Gasteiger partial charge on any atom is -0.548 e. The van der Waals surface area contributed by atoms with Crippen LogP contribution in [0.1, 0.15) is 33.6 Å². The van der Waals surface area contributed by atoms with Crippen LogP contribution in [0.2, 0.25) is 0 Å². The normalized spacial score (nSPS) is 15.6. The van der Waals surface area contributed by atoms with Gasteiger partial charge in [-0.25, -0.2) is 0 Å². The summed E-state index contributed by atoms with van der Waals surface area (Å²) in [6.45, 7) is 7.02. The smallest absolute Gasteiger partial charge is 0.548 e. The first kappa shape index (κ1) is 26.0. The van der Waals surface area contributed by atoms with Crippen molar-refractivity contribution in [1.82, 2.24) is 10.2 Å². The number of allylic oxidation sites excluding steroid dienone is 2. The van der Waals surface area contributed by atoms with E-state index in [0.717, 1.165) is 0 Å². The van der Waals surface area contributed by atoms with E-state index in [-0.39, 0.29) is 36.1 Å². The van der Waals surface area contributed by atoms with E-state index in [9.17, 15) is 20.1 Å². The van der Waals surface area contributed by atoms with Crippen LogP contribution in [0, 0.1) is 0 Å². The van der Waals surface area contributed by atoms with E-state index in [1.165, 1.54) is 0 Å². The molecule has 0 aliphatic rings. The minimum atomic E-state index is -1.16. The van der Waals surface area contributed by atoms with Crippen molar-refractivity contribution in [3.05, 3.63) is 24.3 Å². The number of carbonyl (C=O) groups excluding carboxylic acids is 1. The molecule has 6 nitrogen and oxygen atoms in total. The number of aliphatic hydroxyl groups is 2. The van der Waals surface area contributed by atoms with E-state index in [1.807, 2.05) is 38.2 Å². The summed E-state index contributed by atoms with van der Waals surface area (Å²) in [6.07, 6.45) is 7.48. The van der Waals surface area contributed by atoms with E-state index in [4.69, 9.17) is 0 Å². The second-order valence-electron chi connectivity index (χ2n) is 5.61. The summed E-state index contributed by atoms with van der Waals surface area (Å²) in [7, 11) is 0. The predicted molar refractivity (Wildman–Crippen MR) is 89.8 cm³/mol. The maximum Gasteiger partial charge on any atom is 1.00 e. The SMILES string of the molecule is C/C=C/CC(O)CNCCN(CC(O)C/C=C/C)C(C)C(=O)[O-].[Na+]. The zero-order valence-corrected chi connectivity index (χ0v) is 17.4. The molecular formula is C17H31N2NaO4. The average molecular weight is 350 g/mol. The number of carboxylic acids is 1. The van der Waals surface area contributed by atoms with Crippen molar-refractivity contribution in [1.29, 1.82) is 0 Å². The Morgan fingerprint density at radius 2 is 1.71 bits per heavy atom. The van der Waals surface area contributed by atoms with Gasteiger partial charge >= 0.3 is 29.6 Å². The Morgan fingerprint density at radius 1 is 1.17 bits per heavy atom. The van der Waals surface area contributed by atoms with Gasteiger partial charge in [0.15, 0.2) is 0 Å². The summed E-state index contributed by atoms with van der Waals surface area (Å²) in [5.74, 6) is -1.16. The van der Waals surface area contributed by atoms with Crippen LogP contribution in [0.15, 0.2) is 24.3 Å². The molecule has 0 saturated heterocycles. The Kier molecular flexibility index (Phi) is 17.6. The van der Waals surface area contributed by atoms with Crippen molar-refractivity contribution in [2.75, 3.05) is 26.2 Å². The zero-order valence-electron chi connectivity index (χ0n) is 15.4. The molecule has 0 amide bonds. The van der Waals surface area contributed by atoms with Gasteiger partial charge in [0, 0.05) is 32.2 Å². The molecule has 0 saturated carbocycles. The van der Waals surface area contributed by atoms with Crippen LogP contribution < -0.4 is 40.0 Å². The molecule has 0 aliphatic carbocycles. The molecule has 134 valence electrons. The first-order valence-electron chi connectivity index (χ1n) is 8.16. The summed E-state index contributed by atoms with van der Waals surface area (Å²) in [5.41, 5.74) is 0. The van der Waals surface area contributed by atoms with Gasteiger partial charge in [-0.1, -0.05) is 24.3 Å². The molecule has 24 heavy (non-hydrogen) atoms. The Morgan fingerprint density at radius 3 is 2.21 bits per heavy atom. The molecule has 0 bridgehead atoms. The van der Waals surface area contributed by atoms with Gasteiger partial charge in [0.25, 0.3) is 0 Å². The van der Waals surface area contributed by atoms with Gasteiger partial charge in [0.2, 0.25) is 0 Å². The third-order valence-corrected chi connectivity index (χ3v) is 3.58. The minimum absolute atomic E-state index is 0. The predicted octanol–water partition coefficient (Wildman–Crippen LogP) is -3.33. The molecule has 3 unspecified atom stereocenters. The standard InChI is InChI=1S/C17H32N2O4.Na/c1-4-6-8-15(20)12-18-10-11-19(14(3)17(22)23)13-16(21)9-7-5-2;/h4-7,14-16,18,20-21H,8-13H2,1-3H3,(H,22,23);/q;+1/p-1/b6-4+,7-5+;. The fraction of sp³-hybridized carbons (Fsp3) is 0.706. The Hall–Kier alpha value is -0.210. The van der Waals surface area contributed by atoms with E-state index in [1.54, 1.807) is 11.8 Å². The third-order valence-electron chi connectivity index (χ3n) is 3.58. The summed E-state index contributed by atoms with van der Waals surface area (Å²) < 4.78 is 0. The number of carbonyl (C=O) groups is 1. The summed E-state index contributed by atoms with van der Waals surface area (Å²) in [4.78, 5) is 12.8. The van der Waals surface area contributed by atoms with Crippen molar-refractivity contribution >= 4 is 5.97 Å². The zero-order chi connectivity index (χ0) is 17.7. The molecule has 0 heterocycles. The van der Waals surface area contributed by atoms with E-state index >= 15 is 0 Å². The van der Waals surface area contributed by atoms with Crippen LogP contribution in [0.5, 0.6) is 0 Å². The Labute approximate surface area is 167 Å². The maximum atomic E-state index is 11.1. The number of carboxylic acid groups (broad SMARTS) is 1. The van der Waals surface area contributed by atoms with Crippen LogP contribution in [-0.2, 0) is 4.79 Å². The number of rotatable bonds is 13. The van der Waals surface area contributed by atoms with Gasteiger partial charge in [-0.3, -0.25) is 4.90 Å². The first-order chi connectivity index (χ1) is 10.9. The average Bonchev–Trinajstić information content (AvgIpc) is 2.52. The van der Waals surface area contributed by atoms with Gasteiger partial charge in [-0.2, -0.15) is 0 Å². The van der Waals surface area contributed by atoms with Gasteiger partial charge in [0.05, 0.1) is 18.2 Å². The van der Waals surface area contributed by atoms with Crippen molar-refractivity contribution < 1.29 is 49.7 Å². The van der Waals surface area contributed by atoms with Crippen LogP contribution >= 0.6 is 0 Å². The van der Waals surface area contributed by atoms with Crippen molar-refractivity contribution in [2.24, 2.45) is 0 Å². The number of hydrogen-bond acceptors (Lipinski definition) is 6. The number of aliphatic carboxylic acids is 1. The van der Waals surface area contributed by atoms with E-state index in [0.29, 0.717) is 32.5 Å². The summed E-state index contributed by atoms with van der Waals surface area (Å²) in [5, 5.41) is 33.8. The molecule has 0 fully saturated rings. The van der Waals surface area contributed by atoms with Crippen LogP contribution in [-0.4, -0.2) is 65.5 Å². The number of hydrogen-bond donors (Lipinski definition) is 3. The fourth-order valence-electron chi connectivity index (χ4n) is 2.10. The van der Waals surface area contributed by atoms with Crippen molar-refractivity contribution in [2.45, 2.75) is 51.9 Å². The molecule has 0 aromatic carbocycles. The van der Waals surface area contributed by atoms with E-state index < -0.39 is 24.2 Å². The van der Waals surface area contributed by atoms with Gasteiger partial charge in [-0.05, 0) is 33.6 Å². The monoisotopic (exact) mass is 350 g/mol. The van der Waals surface area contributed by atoms with Crippen LogP contribution in [0.4, 0.5) is 0 Å². The van der Waals surface area contributed by atoms with Crippen LogP contribution in [0.25, 0.3) is 0 Å². The number of aliphatic hydroxyl groups excluding tert-OH is 2. The van der Waals surface area contributed by atoms with Gasteiger partial charge in [0.1, 0.15) is 0 Å². The molecule has 3 N–H and O–H groups in total. The third kappa shape index (κ3) is 13.1. The molecule has 0 rings (SSSR count). The second kappa shape index (κ2) is 16.3. The number of nitrogens with zero attached hydrogens (tertiary/aromatic N) is 1. The van der Waals surface area contributed by atoms with Gasteiger partial charge < -0.3 is 25.4 Å². The number of nitrogens with one attached hydrogen (secondary N) is 1.